The average Bonchev–Trinajstić information content (AvgIpc) is 1.82. The van der Waals surface area contributed by atoms with E-state index in [-0.39, 0.29) is 11.9 Å². The van der Waals surface area contributed by atoms with E-state index in [9.17, 15) is 4.57 Å². The van der Waals surface area contributed by atoms with Gasteiger partial charge in [-0.2, -0.15) is 0 Å². The van der Waals surface area contributed by atoms with Gasteiger partial charge in [0.15, 0.2) is 0 Å². The summed E-state index contributed by atoms with van der Waals surface area (Å²) in [7, 11) is -3.98. The minimum Gasteiger partial charge on any atom is -0.512 e. The van der Waals surface area contributed by atoms with Crippen molar-refractivity contribution in [2.75, 3.05) is 6.16 Å². The van der Waals surface area contributed by atoms with E-state index in [0.29, 0.717) is 18.4 Å². The Morgan fingerprint density at radius 3 is 2.67 bits per heavy atom. The van der Waals surface area contributed by atoms with Gasteiger partial charge in [-0.15, -0.1) is 0 Å². The number of aliphatic hydroxyl groups is 1. The summed E-state index contributed by atoms with van der Waals surface area (Å²) < 4.78 is 10.5. The molecule has 5 heteroatoms. The van der Waals surface area contributed by atoms with E-state index in [4.69, 9.17) is 14.9 Å². The van der Waals surface area contributed by atoms with E-state index in [0.717, 1.165) is 0 Å². The van der Waals surface area contributed by atoms with Crippen molar-refractivity contribution in [2.24, 2.45) is 0 Å². The molecule has 0 unspecified atom stereocenters. The Kier molecular flexibility index (Phi) is 2.73. The molecule has 0 aromatic rings. The molecule has 0 saturated carbocycles. The van der Waals surface area contributed by atoms with Crippen LogP contribution >= 0.6 is 7.60 Å². The minimum absolute atomic E-state index is 0.195. The molecular weight excluding hydrogens is 179 g/mol. The molecule has 68 valence electrons. The van der Waals surface area contributed by atoms with Gasteiger partial charge in [-0.25, -0.2) is 0 Å². The van der Waals surface area contributed by atoms with Crippen molar-refractivity contribution >= 4 is 7.60 Å². The van der Waals surface area contributed by atoms with Gasteiger partial charge in [0.25, 0.3) is 0 Å². The van der Waals surface area contributed by atoms with E-state index >= 15 is 0 Å². The Balaban J connectivity index is 2.66. The highest BCUT2D eigenvalue weighted by Crippen LogP contribution is 2.38. The molecule has 0 spiro atoms. The van der Waals surface area contributed by atoms with Crippen molar-refractivity contribution in [1.29, 1.82) is 0 Å². The number of hydrogen-bond donors (Lipinski definition) is 3. The predicted molar refractivity (Wildman–Crippen MR) is 44.9 cm³/mol. The third-order valence-electron chi connectivity index (χ3n) is 1.55. The number of hydrogen-bond acceptors (Lipinski definition) is 2. The maximum atomic E-state index is 10.5. The molecule has 0 bridgehead atoms. The molecular formula is C7H11O4P. The van der Waals surface area contributed by atoms with Crippen molar-refractivity contribution < 1.29 is 19.5 Å². The maximum absolute atomic E-state index is 10.5. The topological polar surface area (TPSA) is 77.8 Å². The highest BCUT2D eigenvalue weighted by molar-refractivity contribution is 7.52. The van der Waals surface area contributed by atoms with Gasteiger partial charge < -0.3 is 14.9 Å². The first-order valence-corrected chi connectivity index (χ1v) is 5.40. The Bertz CT molecular complexity index is 273. The lowest BCUT2D eigenvalue weighted by Crippen LogP contribution is -1.97. The zero-order chi connectivity index (χ0) is 9.19. The lowest BCUT2D eigenvalue weighted by Gasteiger charge is -2.09. The molecule has 0 atom stereocenters. The SMILES string of the molecule is O=P(O)(O)CC1=CCCC(O)=C1. The molecule has 1 aliphatic carbocycles. The minimum atomic E-state index is -3.98. The molecule has 3 N–H and O–H groups in total. The normalized spacial score (nSPS) is 18.5. The molecule has 4 nitrogen and oxygen atoms in total. The summed E-state index contributed by atoms with van der Waals surface area (Å²) in [4.78, 5) is 17.2. The van der Waals surface area contributed by atoms with Crippen LogP contribution in [-0.2, 0) is 4.57 Å². The Morgan fingerprint density at radius 2 is 2.17 bits per heavy atom. The molecule has 0 aliphatic heterocycles. The van der Waals surface area contributed by atoms with Gasteiger partial charge in [0.05, 0.1) is 11.9 Å². The van der Waals surface area contributed by atoms with E-state index < -0.39 is 7.60 Å². The number of allylic oxidation sites excluding steroid dienone is 4. The van der Waals surface area contributed by atoms with Crippen LogP contribution in [0, 0.1) is 0 Å². The van der Waals surface area contributed by atoms with Crippen molar-refractivity contribution in [3.8, 4) is 0 Å². The second kappa shape index (κ2) is 3.44. The van der Waals surface area contributed by atoms with E-state index in [1.54, 1.807) is 6.08 Å². The van der Waals surface area contributed by atoms with Crippen LogP contribution < -0.4 is 0 Å². The Labute approximate surface area is 70.4 Å². The predicted octanol–water partition coefficient (Wildman–Crippen LogP) is 1.33. The van der Waals surface area contributed by atoms with Crippen LogP contribution in [0.4, 0.5) is 0 Å². The molecule has 1 rings (SSSR count). The standard InChI is InChI=1S/C7H11O4P/c8-7-3-1-2-6(4-7)5-12(9,10)11/h2,4,8H,1,3,5H2,(H2,9,10,11). The molecule has 0 radical (unpaired) electrons. The summed E-state index contributed by atoms with van der Waals surface area (Å²) in [5, 5.41) is 9.04. The molecule has 0 aromatic carbocycles. The van der Waals surface area contributed by atoms with Gasteiger partial charge in [-0.05, 0) is 18.1 Å². The summed E-state index contributed by atoms with van der Waals surface area (Å²) in [6, 6.07) is 0. The van der Waals surface area contributed by atoms with Crippen molar-refractivity contribution in [3.63, 3.8) is 0 Å². The second-order valence-electron chi connectivity index (χ2n) is 2.78. The fourth-order valence-electron chi connectivity index (χ4n) is 1.10. The molecule has 0 saturated heterocycles. The van der Waals surface area contributed by atoms with Crippen LogP contribution in [0.5, 0.6) is 0 Å². The van der Waals surface area contributed by atoms with Gasteiger partial charge in [0, 0.05) is 6.42 Å². The van der Waals surface area contributed by atoms with Gasteiger partial charge in [-0.1, -0.05) is 6.08 Å². The summed E-state index contributed by atoms with van der Waals surface area (Å²) in [6.07, 6.45) is 4.08. The van der Waals surface area contributed by atoms with E-state index in [2.05, 4.69) is 0 Å². The van der Waals surface area contributed by atoms with Crippen LogP contribution in [0.25, 0.3) is 0 Å². The van der Waals surface area contributed by atoms with Crippen molar-refractivity contribution in [2.45, 2.75) is 12.8 Å². The molecule has 0 fully saturated rings. The highest BCUT2D eigenvalue weighted by atomic mass is 31.2. The number of rotatable bonds is 2. The lowest BCUT2D eigenvalue weighted by atomic mass is 10.1. The Hall–Kier alpha value is -0.570. The molecule has 0 aromatic heterocycles. The van der Waals surface area contributed by atoms with Crippen LogP contribution in [0.3, 0.4) is 0 Å². The zero-order valence-electron chi connectivity index (χ0n) is 6.47. The molecule has 0 heterocycles. The summed E-state index contributed by atoms with van der Waals surface area (Å²) in [5.41, 5.74) is 0.520. The van der Waals surface area contributed by atoms with E-state index in [1.165, 1.54) is 6.08 Å². The summed E-state index contributed by atoms with van der Waals surface area (Å²) in [5.74, 6) is 0.195. The third-order valence-corrected chi connectivity index (χ3v) is 2.32. The quantitative estimate of drug-likeness (QED) is 0.574. The van der Waals surface area contributed by atoms with Crippen molar-refractivity contribution in [3.05, 3.63) is 23.5 Å². The van der Waals surface area contributed by atoms with Gasteiger partial charge in [0.1, 0.15) is 0 Å². The fourth-order valence-corrected chi connectivity index (χ4v) is 1.79. The second-order valence-corrected chi connectivity index (χ2v) is 4.42. The number of aliphatic hydroxyl groups excluding tert-OH is 1. The monoisotopic (exact) mass is 190 g/mol. The summed E-state index contributed by atoms with van der Waals surface area (Å²) >= 11 is 0. The molecule has 1 aliphatic rings. The molecule has 12 heavy (non-hydrogen) atoms. The first-order valence-electron chi connectivity index (χ1n) is 3.60. The van der Waals surface area contributed by atoms with Gasteiger partial charge in [-0.3, -0.25) is 4.57 Å². The molecule has 0 amide bonds. The average molecular weight is 190 g/mol. The van der Waals surface area contributed by atoms with E-state index in [1.807, 2.05) is 0 Å². The van der Waals surface area contributed by atoms with Gasteiger partial charge >= 0.3 is 7.60 Å². The third kappa shape index (κ3) is 3.22. The zero-order valence-corrected chi connectivity index (χ0v) is 7.37. The maximum Gasteiger partial charge on any atom is 0.329 e. The van der Waals surface area contributed by atoms with Crippen LogP contribution in [0.1, 0.15) is 12.8 Å². The fraction of sp³-hybridized carbons (Fsp3) is 0.429. The van der Waals surface area contributed by atoms with Gasteiger partial charge in [0.2, 0.25) is 0 Å². The first kappa shape index (κ1) is 9.52. The van der Waals surface area contributed by atoms with Crippen LogP contribution in [0.2, 0.25) is 0 Å². The lowest BCUT2D eigenvalue weighted by molar-refractivity contribution is 0.374. The smallest absolute Gasteiger partial charge is 0.329 e. The first-order chi connectivity index (χ1) is 5.47. The van der Waals surface area contributed by atoms with Crippen LogP contribution in [0.15, 0.2) is 23.5 Å². The highest BCUT2D eigenvalue weighted by Gasteiger charge is 2.16. The van der Waals surface area contributed by atoms with Crippen molar-refractivity contribution in [1.82, 2.24) is 0 Å². The Morgan fingerprint density at radius 1 is 1.50 bits per heavy atom. The van der Waals surface area contributed by atoms with Crippen LogP contribution in [-0.4, -0.2) is 21.1 Å². The summed E-state index contributed by atoms with van der Waals surface area (Å²) in [6.45, 7) is 0. The largest absolute Gasteiger partial charge is 0.512 e.